The monoisotopic (exact) mass is 357 g/mol. The highest BCUT2D eigenvalue weighted by molar-refractivity contribution is 7.91. The second-order valence-electron chi connectivity index (χ2n) is 5.59. The van der Waals surface area contributed by atoms with Crippen LogP contribution in [0.2, 0.25) is 5.02 Å². The largest absolute Gasteiger partial charge is 0.380 e. The molecule has 0 radical (unpaired) electrons. The molecule has 122 valence electrons. The number of halogens is 3. The maximum absolute atomic E-state index is 14.2. The number of anilines is 1. The van der Waals surface area contributed by atoms with Gasteiger partial charge in [-0.2, -0.15) is 0 Å². The quantitative estimate of drug-likeness (QED) is 0.869. The summed E-state index contributed by atoms with van der Waals surface area (Å²) < 4.78 is 54.1. The summed E-state index contributed by atoms with van der Waals surface area (Å²) in [5.41, 5.74) is -0.218. The molecule has 2 aromatic rings. The summed E-state index contributed by atoms with van der Waals surface area (Å²) in [6.07, 6.45) is 0.151. The Morgan fingerprint density at radius 1 is 1.09 bits per heavy atom. The van der Waals surface area contributed by atoms with Gasteiger partial charge in [-0.3, -0.25) is 0 Å². The number of benzene rings is 2. The summed E-state index contributed by atoms with van der Waals surface area (Å²) in [5.74, 6) is -1.40. The minimum Gasteiger partial charge on any atom is -0.380 e. The van der Waals surface area contributed by atoms with Crippen molar-refractivity contribution in [3.8, 4) is 0 Å². The molecule has 2 atom stereocenters. The van der Waals surface area contributed by atoms with Crippen LogP contribution in [0, 0.1) is 11.6 Å². The van der Waals surface area contributed by atoms with Crippen LogP contribution >= 0.6 is 11.6 Å². The van der Waals surface area contributed by atoms with Crippen LogP contribution in [0.25, 0.3) is 0 Å². The highest BCUT2D eigenvalue weighted by Crippen LogP contribution is 2.43. The Kier molecular flexibility index (Phi) is 4.06. The molecule has 0 saturated carbocycles. The van der Waals surface area contributed by atoms with Crippen molar-refractivity contribution in [2.75, 3.05) is 5.32 Å². The molecule has 1 N–H and O–H groups in total. The van der Waals surface area contributed by atoms with Crippen molar-refractivity contribution in [2.45, 2.75) is 29.5 Å². The van der Waals surface area contributed by atoms with Gasteiger partial charge in [0.15, 0.2) is 9.84 Å². The molecular weight excluding hydrogens is 344 g/mol. The normalized spacial score (nSPS) is 20.7. The second kappa shape index (κ2) is 5.76. The molecule has 0 amide bonds. The molecule has 0 unspecified atom stereocenters. The van der Waals surface area contributed by atoms with Crippen LogP contribution in [0.3, 0.4) is 0 Å². The van der Waals surface area contributed by atoms with Gasteiger partial charge >= 0.3 is 0 Å². The van der Waals surface area contributed by atoms with Crippen LogP contribution < -0.4 is 5.32 Å². The zero-order valence-electron chi connectivity index (χ0n) is 12.2. The van der Waals surface area contributed by atoms with E-state index in [1.165, 1.54) is 24.3 Å². The second-order valence-corrected chi connectivity index (χ2v) is 8.15. The van der Waals surface area contributed by atoms with Crippen molar-refractivity contribution in [3.63, 3.8) is 0 Å². The lowest BCUT2D eigenvalue weighted by Gasteiger charge is -2.31. The van der Waals surface area contributed by atoms with E-state index in [-0.39, 0.29) is 28.6 Å². The standard InChI is InChI=1S/C16H14ClF2NO2S/c1-9-8-14(15-12(18)6-7-13(19)16(15)20-9)23(21,22)11-4-2-10(17)3-5-11/h2-7,9,14,20H,8H2,1H3/t9-,14-/m1/s1. The van der Waals surface area contributed by atoms with Crippen molar-refractivity contribution < 1.29 is 17.2 Å². The Bertz CT molecular complexity index is 853. The fraction of sp³-hybridized carbons (Fsp3) is 0.250. The van der Waals surface area contributed by atoms with Gasteiger partial charge in [-0.05, 0) is 49.7 Å². The maximum atomic E-state index is 14.2. The van der Waals surface area contributed by atoms with Gasteiger partial charge in [-0.25, -0.2) is 17.2 Å². The summed E-state index contributed by atoms with van der Waals surface area (Å²) in [5, 5.41) is 2.09. The average molecular weight is 358 g/mol. The summed E-state index contributed by atoms with van der Waals surface area (Å²) >= 11 is 5.78. The molecule has 1 aliphatic heterocycles. The van der Waals surface area contributed by atoms with E-state index in [2.05, 4.69) is 5.32 Å². The van der Waals surface area contributed by atoms with E-state index in [1.54, 1.807) is 6.92 Å². The van der Waals surface area contributed by atoms with E-state index in [0.717, 1.165) is 12.1 Å². The zero-order chi connectivity index (χ0) is 16.8. The smallest absolute Gasteiger partial charge is 0.185 e. The minimum atomic E-state index is -3.87. The van der Waals surface area contributed by atoms with Crippen LogP contribution in [-0.4, -0.2) is 14.5 Å². The van der Waals surface area contributed by atoms with E-state index >= 15 is 0 Å². The van der Waals surface area contributed by atoms with Crippen molar-refractivity contribution in [2.24, 2.45) is 0 Å². The van der Waals surface area contributed by atoms with Crippen LogP contribution in [-0.2, 0) is 9.84 Å². The summed E-state index contributed by atoms with van der Waals surface area (Å²) in [6, 6.07) is 7.32. The number of fused-ring (bicyclic) bond motifs is 1. The number of rotatable bonds is 2. The Labute approximate surface area is 138 Å². The van der Waals surface area contributed by atoms with E-state index < -0.39 is 26.7 Å². The molecule has 3 nitrogen and oxygen atoms in total. The summed E-state index contributed by atoms with van der Waals surface area (Å²) in [7, 11) is -3.87. The third-order valence-electron chi connectivity index (χ3n) is 3.94. The number of hydrogen-bond acceptors (Lipinski definition) is 3. The van der Waals surface area contributed by atoms with Crippen LogP contribution in [0.5, 0.6) is 0 Å². The maximum Gasteiger partial charge on any atom is 0.185 e. The van der Waals surface area contributed by atoms with E-state index in [9.17, 15) is 17.2 Å². The summed E-state index contributed by atoms with van der Waals surface area (Å²) in [6.45, 7) is 1.73. The lowest BCUT2D eigenvalue weighted by molar-refractivity contribution is 0.528. The first kappa shape index (κ1) is 16.2. The fourth-order valence-corrected chi connectivity index (χ4v) is 4.90. The molecule has 0 bridgehead atoms. The van der Waals surface area contributed by atoms with Gasteiger partial charge < -0.3 is 5.32 Å². The van der Waals surface area contributed by atoms with Crippen LogP contribution in [0.15, 0.2) is 41.3 Å². The predicted octanol–water partition coefficient (Wildman–Crippen LogP) is 4.34. The van der Waals surface area contributed by atoms with Crippen molar-refractivity contribution in [3.05, 3.63) is 58.6 Å². The lowest BCUT2D eigenvalue weighted by Crippen LogP contribution is -2.31. The van der Waals surface area contributed by atoms with Gasteiger partial charge in [-0.1, -0.05) is 11.6 Å². The van der Waals surface area contributed by atoms with E-state index in [4.69, 9.17) is 11.6 Å². The Hall–Kier alpha value is -1.66. The Morgan fingerprint density at radius 3 is 2.35 bits per heavy atom. The van der Waals surface area contributed by atoms with Gasteiger partial charge in [0.2, 0.25) is 0 Å². The molecule has 0 aliphatic carbocycles. The molecule has 0 fully saturated rings. The van der Waals surface area contributed by atoms with Crippen molar-refractivity contribution in [1.29, 1.82) is 0 Å². The highest BCUT2D eigenvalue weighted by atomic mass is 35.5. The average Bonchev–Trinajstić information content (AvgIpc) is 2.51. The molecule has 0 spiro atoms. The Morgan fingerprint density at radius 2 is 1.70 bits per heavy atom. The minimum absolute atomic E-state index is 0.0376. The molecule has 0 saturated heterocycles. The van der Waals surface area contributed by atoms with E-state index in [1.807, 2.05) is 0 Å². The van der Waals surface area contributed by atoms with E-state index in [0.29, 0.717) is 5.02 Å². The van der Waals surface area contributed by atoms with Gasteiger partial charge in [-0.15, -0.1) is 0 Å². The van der Waals surface area contributed by atoms with Crippen LogP contribution in [0.4, 0.5) is 14.5 Å². The molecule has 7 heteroatoms. The van der Waals surface area contributed by atoms with Gasteiger partial charge in [0.05, 0.1) is 15.8 Å². The predicted molar refractivity (Wildman–Crippen MR) is 85.4 cm³/mol. The molecule has 0 aromatic heterocycles. The number of nitrogens with one attached hydrogen (secondary N) is 1. The first-order valence-electron chi connectivity index (χ1n) is 7.04. The zero-order valence-corrected chi connectivity index (χ0v) is 13.8. The number of sulfone groups is 1. The highest BCUT2D eigenvalue weighted by Gasteiger charge is 2.38. The molecule has 3 rings (SSSR count). The van der Waals surface area contributed by atoms with Gasteiger partial charge in [0.1, 0.15) is 11.6 Å². The third-order valence-corrected chi connectivity index (χ3v) is 6.30. The molecular formula is C16H14ClF2NO2S. The van der Waals surface area contributed by atoms with Crippen LogP contribution in [0.1, 0.15) is 24.2 Å². The van der Waals surface area contributed by atoms with Crippen molar-refractivity contribution in [1.82, 2.24) is 0 Å². The molecule has 1 aliphatic rings. The third kappa shape index (κ3) is 2.81. The summed E-state index contributed by atoms with van der Waals surface area (Å²) in [4.78, 5) is 0.0376. The molecule has 1 heterocycles. The van der Waals surface area contributed by atoms with Gasteiger partial charge in [0, 0.05) is 16.6 Å². The Balaban J connectivity index is 2.18. The van der Waals surface area contributed by atoms with Crippen molar-refractivity contribution >= 4 is 27.1 Å². The lowest BCUT2D eigenvalue weighted by atomic mass is 9.97. The fourth-order valence-electron chi connectivity index (χ4n) is 2.84. The van der Waals surface area contributed by atoms with Gasteiger partial charge in [0.25, 0.3) is 0 Å². The number of hydrogen-bond donors (Lipinski definition) is 1. The topological polar surface area (TPSA) is 46.2 Å². The first-order chi connectivity index (χ1) is 10.8. The first-order valence-corrected chi connectivity index (χ1v) is 8.97. The molecule has 23 heavy (non-hydrogen) atoms. The molecule has 2 aromatic carbocycles. The SMILES string of the molecule is C[C@@H]1C[C@@H](S(=O)(=O)c2ccc(Cl)cc2)c2c(F)ccc(F)c2N1.